The van der Waals surface area contributed by atoms with E-state index in [1.807, 2.05) is 17.5 Å². The standard InChI is InChI=1S/C16H19NO3S/c1-2-12-5-7-13(8-6-12)14-10-21-11-15(18)17(14)9-3-4-16(19)20/h5-8,10H,2-4,9,11H2,1H3,(H,19,20). The van der Waals surface area contributed by atoms with Crippen molar-refractivity contribution in [1.29, 1.82) is 0 Å². The Morgan fingerprint density at radius 1 is 1.33 bits per heavy atom. The van der Waals surface area contributed by atoms with Gasteiger partial charge < -0.3 is 10.0 Å². The fourth-order valence-electron chi connectivity index (χ4n) is 2.24. The molecule has 0 aliphatic carbocycles. The van der Waals surface area contributed by atoms with Crippen molar-refractivity contribution in [2.75, 3.05) is 12.3 Å². The summed E-state index contributed by atoms with van der Waals surface area (Å²) in [5, 5.41) is 10.7. The lowest BCUT2D eigenvalue weighted by Gasteiger charge is -2.28. The van der Waals surface area contributed by atoms with E-state index in [4.69, 9.17) is 5.11 Å². The molecule has 0 aromatic heterocycles. The third kappa shape index (κ3) is 4.11. The molecule has 1 amide bonds. The van der Waals surface area contributed by atoms with Crippen molar-refractivity contribution in [3.8, 4) is 0 Å². The van der Waals surface area contributed by atoms with Crippen LogP contribution in [0.3, 0.4) is 0 Å². The van der Waals surface area contributed by atoms with Crippen LogP contribution in [0.2, 0.25) is 0 Å². The van der Waals surface area contributed by atoms with E-state index in [0.717, 1.165) is 17.7 Å². The van der Waals surface area contributed by atoms with Crippen LogP contribution in [0.4, 0.5) is 0 Å². The van der Waals surface area contributed by atoms with Crippen molar-refractivity contribution in [2.45, 2.75) is 26.2 Å². The first-order valence-electron chi connectivity index (χ1n) is 7.05. The van der Waals surface area contributed by atoms with E-state index in [2.05, 4.69) is 19.1 Å². The van der Waals surface area contributed by atoms with Gasteiger partial charge in [-0.15, -0.1) is 11.8 Å². The number of aryl methyl sites for hydroxylation is 1. The van der Waals surface area contributed by atoms with Gasteiger partial charge in [0.2, 0.25) is 5.91 Å². The molecule has 1 N–H and O–H groups in total. The van der Waals surface area contributed by atoms with Crippen molar-refractivity contribution in [3.63, 3.8) is 0 Å². The fourth-order valence-corrected chi connectivity index (χ4v) is 3.04. The predicted molar refractivity (Wildman–Crippen MR) is 84.8 cm³/mol. The second-order valence-corrected chi connectivity index (χ2v) is 5.76. The number of thioether (sulfide) groups is 1. The first-order valence-corrected chi connectivity index (χ1v) is 8.10. The van der Waals surface area contributed by atoms with Gasteiger partial charge >= 0.3 is 5.97 Å². The predicted octanol–water partition coefficient (Wildman–Crippen LogP) is 2.99. The van der Waals surface area contributed by atoms with E-state index in [1.165, 1.54) is 17.3 Å². The van der Waals surface area contributed by atoms with Crippen molar-refractivity contribution in [3.05, 3.63) is 40.8 Å². The Balaban J connectivity index is 2.15. The van der Waals surface area contributed by atoms with E-state index in [9.17, 15) is 9.59 Å². The van der Waals surface area contributed by atoms with Crippen LogP contribution in [0.25, 0.3) is 5.70 Å². The molecule has 1 aromatic carbocycles. The Morgan fingerprint density at radius 2 is 2.05 bits per heavy atom. The number of carbonyl (C=O) groups excluding carboxylic acids is 1. The third-order valence-corrected chi connectivity index (χ3v) is 4.23. The summed E-state index contributed by atoms with van der Waals surface area (Å²) in [5.41, 5.74) is 3.14. The van der Waals surface area contributed by atoms with Gasteiger partial charge in [0.1, 0.15) is 0 Å². The normalized spacial score (nSPS) is 15.0. The van der Waals surface area contributed by atoms with Gasteiger partial charge in [0.05, 0.1) is 11.4 Å². The fraction of sp³-hybridized carbons (Fsp3) is 0.375. The average Bonchev–Trinajstić information content (AvgIpc) is 2.48. The Kier molecular flexibility index (Phi) is 5.44. The molecule has 0 fully saturated rings. The van der Waals surface area contributed by atoms with Crippen LogP contribution in [0.5, 0.6) is 0 Å². The van der Waals surface area contributed by atoms with Gasteiger partial charge in [-0.2, -0.15) is 0 Å². The number of amides is 1. The van der Waals surface area contributed by atoms with Gasteiger partial charge in [0.25, 0.3) is 0 Å². The van der Waals surface area contributed by atoms with Crippen molar-refractivity contribution >= 4 is 29.3 Å². The summed E-state index contributed by atoms with van der Waals surface area (Å²) in [4.78, 5) is 24.4. The van der Waals surface area contributed by atoms with Crippen LogP contribution in [-0.4, -0.2) is 34.2 Å². The summed E-state index contributed by atoms with van der Waals surface area (Å²) in [6.07, 6.45) is 1.53. The van der Waals surface area contributed by atoms with Crippen molar-refractivity contribution in [2.24, 2.45) is 0 Å². The minimum Gasteiger partial charge on any atom is -0.481 e. The summed E-state index contributed by atoms with van der Waals surface area (Å²) < 4.78 is 0. The number of aliphatic carboxylic acids is 1. The Morgan fingerprint density at radius 3 is 2.67 bits per heavy atom. The maximum atomic E-state index is 12.1. The van der Waals surface area contributed by atoms with Crippen LogP contribution < -0.4 is 0 Å². The number of carboxylic acids is 1. The average molecular weight is 305 g/mol. The maximum absolute atomic E-state index is 12.1. The second kappa shape index (κ2) is 7.31. The zero-order valence-electron chi connectivity index (χ0n) is 12.0. The Hall–Kier alpha value is -1.75. The molecule has 0 atom stereocenters. The largest absolute Gasteiger partial charge is 0.481 e. The van der Waals surface area contributed by atoms with Gasteiger partial charge in [-0.1, -0.05) is 31.2 Å². The molecular weight excluding hydrogens is 286 g/mol. The third-order valence-electron chi connectivity index (χ3n) is 3.42. The molecular formula is C16H19NO3S. The van der Waals surface area contributed by atoms with Gasteiger partial charge in [0.15, 0.2) is 0 Å². The number of nitrogens with zero attached hydrogens (tertiary/aromatic N) is 1. The molecule has 1 aromatic rings. The number of hydrogen-bond donors (Lipinski definition) is 1. The van der Waals surface area contributed by atoms with E-state index < -0.39 is 5.97 Å². The molecule has 1 heterocycles. The molecule has 0 saturated heterocycles. The quantitative estimate of drug-likeness (QED) is 0.878. The first-order chi connectivity index (χ1) is 10.1. The zero-order chi connectivity index (χ0) is 15.2. The van der Waals surface area contributed by atoms with E-state index in [-0.39, 0.29) is 12.3 Å². The Bertz CT molecular complexity index is 551. The molecule has 112 valence electrons. The molecule has 1 aliphatic heterocycles. The molecule has 5 heteroatoms. The molecule has 1 aliphatic rings. The zero-order valence-corrected chi connectivity index (χ0v) is 12.9. The van der Waals surface area contributed by atoms with Crippen LogP contribution in [0, 0.1) is 0 Å². The summed E-state index contributed by atoms with van der Waals surface area (Å²) in [5.74, 6) is -0.363. The smallest absolute Gasteiger partial charge is 0.303 e. The minimum absolute atomic E-state index is 0.0439. The van der Waals surface area contributed by atoms with Crippen LogP contribution in [-0.2, 0) is 16.0 Å². The summed E-state index contributed by atoms with van der Waals surface area (Å²) in [6, 6.07) is 8.17. The SMILES string of the molecule is CCc1ccc(C2=CSCC(=O)N2CCCC(=O)O)cc1. The van der Waals surface area contributed by atoms with E-state index in [1.54, 1.807) is 4.90 Å². The number of benzene rings is 1. The number of carbonyl (C=O) groups is 2. The Labute approximate surface area is 128 Å². The lowest BCUT2D eigenvalue weighted by molar-refractivity contribution is -0.137. The topological polar surface area (TPSA) is 57.6 Å². The number of rotatable bonds is 6. The second-order valence-electron chi connectivity index (χ2n) is 4.91. The van der Waals surface area contributed by atoms with Crippen LogP contribution in [0.1, 0.15) is 30.9 Å². The highest BCUT2D eigenvalue weighted by Gasteiger charge is 2.23. The monoisotopic (exact) mass is 305 g/mol. The van der Waals surface area contributed by atoms with E-state index in [0.29, 0.717) is 18.7 Å². The van der Waals surface area contributed by atoms with Gasteiger partial charge in [-0.05, 0) is 29.4 Å². The van der Waals surface area contributed by atoms with Gasteiger partial charge in [-0.3, -0.25) is 9.59 Å². The summed E-state index contributed by atoms with van der Waals surface area (Å²) in [6.45, 7) is 2.56. The molecule has 0 bridgehead atoms. The number of hydrogen-bond acceptors (Lipinski definition) is 3. The van der Waals surface area contributed by atoms with Crippen molar-refractivity contribution < 1.29 is 14.7 Å². The van der Waals surface area contributed by atoms with Crippen LogP contribution >= 0.6 is 11.8 Å². The molecule has 21 heavy (non-hydrogen) atoms. The molecule has 4 nitrogen and oxygen atoms in total. The number of carboxylic acid groups (broad SMARTS) is 1. The lowest BCUT2D eigenvalue weighted by atomic mass is 10.1. The molecule has 0 unspecified atom stereocenters. The molecule has 0 saturated carbocycles. The lowest BCUT2D eigenvalue weighted by Crippen LogP contribution is -2.34. The van der Waals surface area contributed by atoms with Gasteiger partial charge in [0, 0.05) is 13.0 Å². The maximum Gasteiger partial charge on any atom is 0.303 e. The van der Waals surface area contributed by atoms with E-state index >= 15 is 0 Å². The molecule has 0 spiro atoms. The summed E-state index contributed by atoms with van der Waals surface area (Å²) in [7, 11) is 0. The molecule has 2 rings (SSSR count). The highest BCUT2D eigenvalue weighted by atomic mass is 32.2. The first kappa shape index (κ1) is 15.6. The highest BCUT2D eigenvalue weighted by Crippen LogP contribution is 2.28. The van der Waals surface area contributed by atoms with Gasteiger partial charge in [-0.25, -0.2) is 0 Å². The molecule has 0 radical (unpaired) electrons. The summed E-state index contributed by atoms with van der Waals surface area (Å²) >= 11 is 1.49. The minimum atomic E-state index is -0.827. The van der Waals surface area contributed by atoms with Crippen molar-refractivity contribution in [1.82, 2.24) is 4.90 Å². The highest BCUT2D eigenvalue weighted by molar-refractivity contribution is 8.03. The van der Waals surface area contributed by atoms with Crippen LogP contribution in [0.15, 0.2) is 29.7 Å².